The number of nitrogens with zero attached hydrogens (tertiary/aromatic N) is 4. The zero-order valence-electron chi connectivity index (χ0n) is 14.5. The van der Waals surface area contributed by atoms with Gasteiger partial charge in [0.1, 0.15) is 5.54 Å². The normalized spacial score (nSPS) is 16.0. The van der Waals surface area contributed by atoms with Gasteiger partial charge in [0.15, 0.2) is 10.9 Å². The van der Waals surface area contributed by atoms with Gasteiger partial charge in [-0.1, -0.05) is 37.1 Å². The Morgan fingerprint density at radius 2 is 2.27 bits per heavy atom. The molecule has 2 heterocycles. The number of hydrogen-bond acceptors (Lipinski definition) is 6. The van der Waals surface area contributed by atoms with Crippen molar-refractivity contribution in [2.45, 2.75) is 49.3 Å². The van der Waals surface area contributed by atoms with E-state index in [9.17, 15) is 10.1 Å². The van der Waals surface area contributed by atoms with Crippen LogP contribution >= 0.6 is 11.8 Å². The second-order valence-corrected chi connectivity index (χ2v) is 7.22. The van der Waals surface area contributed by atoms with E-state index >= 15 is 0 Å². The summed E-state index contributed by atoms with van der Waals surface area (Å²) in [4.78, 5) is 12.4. The van der Waals surface area contributed by atoms with E-state index < -0.39 is 5.54 Å². The molecule has 7 nitrogen and oxygen atoms in total. The number of thioether (sulfide) groups is 1. The number of carbonyl (C=O) groups is 1. The summed E-state index contributed by atoms with van der Waals surface area (Å²) in [5.41, 5.74) is -0.718. The molecule has 136 valence electrons. The number of aromatic nitrogens is 3. The van der Waals surface area contributed by atoms with Crippen molar-refractivity contribution >= 4 is 17.7 Å². The maximum Gasteiger partial charge on any atom is 0.231 e. The highest BCUT2D eigenvalue weighted by molar-refractivity contribution is 7.99. The molecule has 2 aromatic rings. The SMILES string of the molecule is C=CCn1c(SCC(=O)NC2(C#N)CCCCC2)nnc1-c1ccco1. The van der Waals surface area contributed by atoms with Crippen LogP contribution in [0.1, 0.15) is 32.1 Å². The number of rotatable bonds is 7. The predicted octanol–water partition coefficient (Wildman–Crippen LogP) is 3.16. The maximum atomic E-state index is 12.4. The van der Waals surface area contributed by atoms with E-state index in [2.05, 4.69) is 28.2 Å². The number of allylic oxidation sites excluding steroid dienone is 1. The van der Waals surface area contributed by atoms with Crippen molar-refractivity contribution in [3.8, 4) is 17.7 Å². The molecule has 0 radical (unpaired) electrons. The highest BCUT2D eigenvalue weighted by Gasteiger charge is 2.33. The summed E-state index contributed by atoms with van der Waals surface area (Å²) in [5, 5.41) is 21.3. The Morgan fingerprint density at radius 1 is 1.46 bits per heavy atom. The molecule has 1 N–H and O–H groups in total. The first-order chi connectivity index (χ1) is 12.7. The van der Waals surface area contributed by atoms with Crippen LogP contribution in [0, 0.1) is 11.3 Å². The third-order valence-electron chi connectivity index (χ3n) is 4.40. The quantitative estimate of drug-likeness (QED) is 0.593. The molecule has 0 aliphatic heterocycles. The molecule has 1 fully saturated rings. The Kier molecular flexibility index (Phi) is 5.78. The predicted molar refractivity (Wildman–Crippen MR) is 98.2 cm³/mol. The minimum atomic E-state index is -0.718. The zero-order chi connectivity index (χ0) is 18.4. The number of nitriles is 1. The lowest BCUT2D eigenvalue weighted by Gasteiger charge is -2.31. The molecule has 0 bridgehead atoms. The minimum absolute atomic E-state index is 0.161. The Bertz CT molecular complexity index is 800. The van der Waals surface area contributed by atoms with Crippen LogP contribution in [0.4, 0.5) is 0 Å². The molecular weight excluding hydrogens is 350 g/mol. The second kappa shape index (κ2) is 8.23. The monoisotopic (exact) mass is 371 g/mol. The van der Waals surface area contributed by atoms with Crippen molar-refractivity contribution < 1.29 is 9.21 Å². The summed E-state index contributed by atoms with van der Waals surface area (Å²) in [6.07, 6.45) is 7.82. The molecule has 8 heteroatoms. The molecule has 1 aliphatic carbocycles. The van der Waals surface area contributed by atoms with Crippen LogP contribution in [-0.4, -0.2) is 32.0 Å². The topological polar surface area (TPSA) is 96.7 Å². The van der Waals surface area contributed by atoms with Crippen molar-refractivity contribution in [3.05, 3.63) is 31.1 Å². The average Bonchev–Trinajstić information content (AvgIpc) is 3.31. The van der Waals surface area contributed by atoms with E-state index in [1.165, 1.54) is 11.8 Å². The fourth-order valence-electron chi connectivity index (χ4n) is 3.13. The summed E-state index contributed by atoms with van der Waals surface area (Å²) >= 11 is 1.29. The number of amides is 1. The number of nitrogens with one attached hydrogen (secondary N) is 1. The first-order valence-corrected chi connectivity index (χ1v) is 9.59. The van der Waals surface area contributed by atoms with Gasteiger partial charge in [0.25, 0.3) is 0 Å². The van der Waals surface area contributed by atoms with Gasteiger partial charge in [-0.05, 0) is 25.0 Å². The first-order valence-electron chi connectivity index (χ1n) is 8.60. The number of carbonyl (C=O) groups excluding carboxylic acids is 1. The molecule has 0 aromatic carbocycles. The van der Waals surface area contributed by atoms with Crippen LogP contribution in [0.2, 0.25) is 0 Å². The Balaban J connectivity index is 1.67. The third kappa shape index (κ3) is 3.99. The lowest BCUT2D eigenvalue weighted by molar-refractivity contribution is -0.120. The van der Waals surface area contributed by atoms with Gasteiger partial charge < -0.3 is 9.73 Å². The van der Waals surface area contributed by atoms with Gasteiger partial charge >= 0.3 is 0 Å². The van der Waals surface area contributed by atoms with E-state index in [0.29, 0.717) is 23.3 Å². The number of hydrogen-bond donors (Lipinski definition) is 1. The summed E-state index contributed by atoms with van der Waals surface area (Å²) in [7, 11) is 0. The summed E-state index contributed by atoms with van der Waals surface area (Å²) in [5.74, 6) is 1.22. The Hall–Kier alpha value is -2.53. The third-order valence-corrected chi connectivity index (χ3v) is 5.37. The molecule has 26 heavy (non-hydrogen) atoms. The van der Waals surface area contributed by atoms with Crippen LogP contribution in [0.25, 0.3) is 11.6 Å². The molecular formula is C18H21N5O2S. The molecule has 1 aliphatic rings. The largest absolute Gasteiger partial charge is 0.461 e. The van der Waals surface area contributed by atoms with Crippen LogP contribution in [0.3, 0.4) is 0 Å². The lowest BCUT2D eigenvalue weighted by Crippen LogP contribution is -2.49. The van der Waals surface area contributed by atoms with Crippen LogP contribution in [-0.2, 0) is 11.3 Å². The molecule has 0 spiro atoms. The maximum absolute atomic E-state index is 12.4. The fourth-order valence-corrected chi connectivity index (χ4v) is 3.88. The second-order valence-electron chi connectivity index (χ2n) is 6.27. The molecule has 0 saturated heterocycles. The molecule has 2 aromatic heterocycles. The highest BCUT2D eigenvalue weighted by Crippen LogP contribution is 2.28. The van der Waals surface area contributed by atoms with E-state index in [4.69, 9.17) is 4.42 Å². The van der Waals surface area contributed by atoms with Gasteiger partial charge in [-0.25, -0.2) is 0 Å². The van der Waals surface area contributed by atoms with E-state index in [1.807, 2.05) is 10.6 Å². The van der Waals surface area contributed by atoms with Crippen molar-refractivity contribution in [1.29, 1.82) is 5.26 Å². The smallest absolute Gasteiger partial charge is 0.231 e. The molecule has 1 saturated carbocycles. The molecule has 3 rings (SSSR count). The van der Waals surface area contributed by atoms with E-state index in [0.717, 1.165) is 32.1 Å². The number of furan rings is 1. The van der Waals surface area contributed by atoms with Crippen LogP contribution in [0.15, 0.2) is 40.6 Å². The van der Waals surface area contributed by atoms with Crippen molar-refractivity contribution in [1.82, 2.24) is 20.1 Å². The Labute approximate surface area is 156 Å². The van der Waals surface area contributed by atoms with E-state index in [-0.39, 0.29) is 11.7 Å². The highest BCUT2D eigenvalue weighted by atomic mass is 32.2. The van der Waals surface area contributed by atoms with Gasteiger partial charge in [-0.15, -0.1) is 16.8 Å². The summed E-state index contributed by atoms with van der Waals surface area (Å²) in [6.45, 7) is 4.27. The Morgan fingerprint density at radius 3 is 2.92 bits per heavy atom. The van der Waals surface area contributed by atoms with E-state index in [1.54, 1.807) is 18.4 Å². The molecule has 0 unspecified atom stereocenters. The molecule has 0 atom stereocenters. The summed E-state index contributed by atoms with van der Waals surface area (Å²) < 4.78 is 7.24. The van der Waals surface area contributed by atoms with Crippen molar-refractivity contribution in [3.63, 3.8) is 0 Å². The average molecular weight is 371 g/mol. The zero-order valence-corrected chi connectivity index (χ0v) is 15.3. The van der Waals surface area contributed by atoms with Crippen LogP contribution < -0.4 is 5.32 Å². The fraction of sp³-hybridized carbons (Fsp3) is 0.444. The van der Waals surface area contributed by atoms with Gasteiger partial charge in [0, 0.05) is 6.54 Å². The first kappa shape index (κ1) is 18.3. The van der Waals surface area contributed by atoms with Gasteiger partial charge in [0.2, 0.25) is 11.7 Å². The van der Waals surface area contributed by atoms with Crippen LogP contribution in [0.5, 0.6) is 0 Å². The summed E-state index contributed by atoms with van der Waals surface area (Å²) in [6, 6.07) is 5.90. The minimum Gasteiger partial charge on any atom is -0.461 e. The lowest BCUT2D eigenvalue weighted by atomic mass is 9.83. The standard InChI is InChI=1S/C18H21N5O2S/c1-2-10-23-16(14-7-6-11-25-14)21-22-17(23)26-12-15(24)20-18(13-19)8-4-3-5-9-18/h2,6-7,11H,1,3-5,8-10,12H2,(H,20,24). The van der Waals surface area contributed by atoms with Gasteiger partial charge in [-0.2, -0.15) is 5.26 Å². The van der Waals surface area contributed by atoms with Gasteiger partial charge in [0.05, 0.1) is 18.1 Å². The van der Waals surface area contributed by atoms with Crippen molar-refractivity contribution in [2.75, 3.05) is 5.75 Å². The molecule has 1 amide bonds. The van der Waals surface area contributed by atoms with Gasteiger partial charge in [-0.3, -0.25) is 9.36 Å². The van der Waals surface area contributed by atoms with Crippen molar-refractivity contribution in [2.24, 2.45) is 0 Å².